The second-order valence-corrected chi connectivity index (χ2v) is 5.90. The first-order valence-corrected chi connectivity index (χ1v) is 6.39. The molecule has 0 spiro atoms. The van der Waals surface area contributed by atoms with Crippen LogP contribution in [0.2, 0.25) is 0 Å². The summed E-state index contributed by atoms with van der Waals surface area (Å²) in [6.45, 7) is 8.38. The summed E-state index contributed by atoms with van der Waals surface area (Å²) in [7, 11) is 0. The Labute approximate surface area is 109 Å². The van der Waals surface area contributed by atoms with Crippen LogP contribution >= 0.6 is 0 Å². The Morgan fingerprint density at radius 2 is 2.22 bits per heavy atom. The number of hydrogen-bond acceptors (Lipinski definition) is 3. The summed E-state index contributed by atoms with van der Waals surface area (Å²) in [5.41, 5.74) is 7.12. The third-order valence-corrected chi connectivity index (χ3v) is 2.69. The molecule has 0 bridgehead atoms. The molecule has 0 aliphatic carbocycles. The number of aromatic amines is 1. The molecule has 1 aromatic rings. The van der Waals surface area contributed by atoms with Crippen LogP contribution in [-0.2, 0) is 11.2 Å². The molecular formula is C13H24N4O. The van der Waals surface area contributed by atoms with Crippen LogP contribution < -0.4 is 11.1 Å². The van der Waals surface area contributed by atoms with E-state index in [4.69, 9.17) is 5.73 Å². The Morgan fingerprint density at radius 3 is 2.78 bits per heavy atom. The van der Waals surface area contributed by atoms with Crippen molar-refractivity contribution in [3.8, 4) is 0 Å². The quantitative estimate of drug-likeness (QED) is 0.750. The maximum atomic E-state index is 11.8. The molecule has 1 atom stereocenters. The fraction of sp³-hybridized carbons (Fsp3) is 0.692. The van der Waals surface area contributed by atoms with Gasteiger partial charge in [0.15, 0.2) is 0 Å². The molecule has 0 radical (unpaired) electrons. The van der Waals surface area contributed by atoms with Crippen molar-refractivity contribution in [2.24, 2.45) is 11.1 Å². The van der Waals surface area contributed by atoms with Crippen molar-refractivity contribution in [1.82, 2.24) is 10.2 Å². The fourth-order valence-corrected chi connectivity index (χ4v) is 1.97. The van der Waals surface area contributed by atoms with Crippen LogP contribution in [0.1, 0.15) is 46.1 Å². The molecule has 0 saturated heterocycles. The van der Waals surface area contributed by atoms with E-state index >= 15 is 0 Å². The molecule has 1 rings (SSSR count). The standard InChI is InChI=1S/C13H24N4O/c1-5-9-8-15-17-12(9)16-11(18)6-10(14)7-13(2,3)4/h8,10H,5-7,14H2,1-4H3,(H2,15,16,17,18). The molecule has 5 nitrogen and oxygen atoms in total. The number of nitrogens with zero attached hydrogens (tertiary/aromatic N) is 1. The van der Waals surface area contributed by atoms with Crippen molar-refractivity contribution in [1.29, 1.82) is 0 Å². The van der Waals surface area contributed by atoms with Crippen molar-refractivity contribution in [3.63, 3.8) is 0 Å². The first-order chi connectivity index (χ1) is 8.31. The number of amides is 1. The third-order valence-electron chi connectivity index (χ3n) is 2.69. The normalized spacial score (nSPS) is 13.4. The molecule has 4 N–H and O–H groups in total. The number of hydrogen-bond donors (Lipinski definition) is 3. The van der Waals surface area contributed by atoms with Gasteiger partial charge in [-0.25, -0.2) is 0 Å². The largest absolute Gasteiger partial charge is 0.327 e. The van der Waals surface area contributed by atoms with Gasteiger partial charge in [-0.3, -0.25) is 9.89 Å². The Morgan fingerprint density at radius 1 is 1.56 bits per heavy atom. The summed E-state index contributed by atoms with van der Waals surface area (Å²) in [6.07, 6.45) is 3.72. The summed E-state index contributed by atoms with van der Waals surface area (Å²) in [5, 5.41) is 9.52. The third kappa shape index (κ3) is 4.87. The van der Waals surface area contributed by atoms with Gasteiger partial charge in [-0.1, -0.05) is 27.7 Å². The van der Waals surface area contributed by atoms with Gasteiger partial charge in [0.1, 0.15) is 5.82 Å². The predicted molar refractivity (Wildman–Crippen MR) is 73.3 cm³/mol. The van der Waals surface area contributed by atoms with Gasteiger partial charge < -0.3 is 11.1 Å². The maximum Gasteiger partial charge on any atom is 0.227 e. The summed E-state index contributed by atoms with van der Waals surface area (Å²) in [5.74, 6) is 0.621. The molecule has 0 aliphatic heterocycles. The lowest BCUT2D eigenvalue weighted by Gasteiger charge is -2.22. The van der Waals surface area contributed by atoms with Crippen molar-refractivity contribution in [3.05, 3.63) is 11.8 Å². The zero-order chi connectivity index (χ0) is 13.8. The van der Waals surface area contributed by atoms with E-state index in [0.29, 0.717) is 12.2 Å². The first kappa shape index (κ1) is 14.7. The van der Waals surface area contributed by atoms with E-state index < -0.39 is 0 Å². The minimum absolute atomic E-state index is 0.0642. The zero-order valence-electron chi connectivity index (χ0n) is 11.7. The van der Waals surface area contributed by atoms with Crippen molar-refractivity contribution in [2.45, 2.75) is 53.0 Å². The highest BCUT2D eigenvalue weighted by Crippen LogP contribution is 2.21. The van der Waals surface area contributed by atoms with Crippen molar-refractivity contribution in [2.75, 3.05) is 5.32 Å². The molecule has 0 aromatic carbocycles. The van der Waals surface area contributed by atoms with E-state index in [1.807, 2.05) is 6.92 Å². The minimum atomic E-state index is -0.113. The lowest BCUT2D eigenvalue weighted by atomic mass is 9.87. The summed E-state index contributed by atoms with van der Waals surface area (Å²) >= 11 is 0. The fourth-order valence-electron chi connectivity index (χ4n) is 1.97. The predicted octanol–water partition coefficient (Wildman–Crippen LogP) is 2.06. The van der Waals surface area contributed by atoms with E-state index in [-0.39, 0.29) is 17.4 Å². The van der Waals surface area contributed by atoms with Crippen LogP contribution in [0.3, 0.4) is 0 Å². The van der Waals surface area contributed by atoms with Crippen molar-refractivity contribution >= 4 is 11.7 Å². The van der Waals surface area contributed by atoms with E-state index in [0.717, 1.165) is 18.4 Å². The van der Waals surface area contributed by atoms with Gasteiger partial charge in [0.2, 0.25) is 5.91 Å². The van der Waals surface area contributed by atoms with Gasteiger partial charge in [-0.15, -0.1) is 0 Å². The van der Waals surface area contributed by atoms with Gasteiger partial charge in [0.05, 0.1) is 6.20 Å². The molecule has 1 unspecified atom stereocenters. The van der Waals surface area contributed by atoms with E-state index in [1.54, 1.807) is 6.20 Å². The number of anilines is 1. The SMILES string of the molecule is CCc1cn[nH]c1NC(=O)CC(N)CC(C)(C)C. The summed E-state index contributed by atoms with van der Waals surface area (Å²) in [4.78, 5) is 11.8. The van der Waals surface area contributed by atoms with Gasteiger partial charge >= 0.3 is 0 Å². The zero-order valence-corrected chi connectivity index (χ0v) is 11.7. The van der Waals surface area contributed by atoms with Crippen LogP contribution in [-0.4, -0.2) is 22.1 Å². The number of carbonyl (C=O) groups excluding carboxylic acids is 1. The average molecular weight is 252 g/mol. The van der Waals surface area contributed by atoms with Gasteiger partial charge in [0, 0.05) is 18.0 Å². The molecule has 1 aromatic heterocycles. The van der Waals surface area contributed by atoms with Crippen LogP contribution in [0.4, 0.5) is 5.82 Å². The van der Waals surface area contributed by atoms with Crippen LogP contribution in [0.5, 0.6) is 0 Å². The second kappa shape index (κ2) is 6.00. The molecule has 0 fully saturated rings. The first-order valence-electron chi connectivity index (χ1n) is 6.39. The number of aromatic nitrogens is 2. The monoisotopic (exact) mass is 252 g/mol. The molecule has 0 saturated carbocycles. The molecular weight excluding hydrogens is 228 g/mol. The molecule has 5 heteroatoms. The lowest BCUT2D eigenvalue weighted by Crippen LogP contribution is -2.31. The number of carbonyl (C=O) groups is 1. The number of H-pyrrole nitrogens is 1. The Balaban J connectivity index is 2.47. The summed E-state index contributed by atoms with van der Waals surface area (Å²) in [6, 6.07) is -0.113. The highest BCUT2D eigenvalue weighted by molar-refractivity contribution is 5.90. The highest BCUT2D eigenvalue weighted by Gasteiger charge is 2.18. The van der Waals surface area contributed by atoms with Crippen LogP contribution in [0, 0.1) is 5.41 Å². The second-order valence-electron chi connectivity index (χ2n) is 5.90. The molecule has 1 heterocycles. The number of aryl methyl sites for hydroxylation is 1. The van der Waals surface area contributed by atoms with E-state index in [2.05, 4.69) is 36.3 Å². The lowest BCUT2D eigenvalue weighted by molar-refractivity contribution is -0.116. The molecule has 102 valence electrons. The topological polar surface area (TPSA) is 83.8 Å². The molecule has 18 heavy (non-hydrogen) atoms. The summed E-state index contributed by atoms with van der Waals surface area (Å²) < 4.78 is 0. The Kier molecular flexibility index (Phi) is 4.90. The van der Waals surface area contributed by atoms with Crippen molar-refractivity contribution < 1.29 is 4.79 Å². The van der Waals surface area contributed by atoms with Gasteiger partial charge in [-0.05, 0) is 18.3 Å². The minimum Gasteiger partial charge on any atom is -0.327 e. The maximum absolute atomic E-state index is 11.8. The number of rotatable bonds is 5. The van der Waals surface area contributed by atoms with Crippen LogP contribution in [0.15, 0.2) is 6.20 Å². The van der Waals surface area contributed by atoms with Gasteiger partial charge in [-0.2, -0.15) is 5.10 Å². The van der Waals surface area contributed by atoms with Gasteiger partial charge in [0.25, 0.3) is 0 Å². The number of nitrogens with two attached hydrogens (primary N) is 1. The highest BCUT2D eigenvalue weighted by atomic mass is 16.1. The molecule has 0 aliphatic rings. The Bertz CT molecular complexity index is 392. The van der Waals surface area contributed by atoms with Crippen LogP contribution in [0.25, 0.3) is 0 Å². The average Bonchev–Trinajstić information content (AvgIpc) is 2.61. The van der Waals surface area contributed by atoms with E-state index in [9.17, 15) is 4.79 Å². The smallest absolute Gasteiger partial charge is 0.227 e. The molecule has 1 amide bonds. The Hall–Kier alpha value is -1.36. The number of nitrogens with one attached hydrogen (secondary N) is 2. The van der Waals surface area contributed by atoms with E-state index in [1.165, 1.54) is 0 Å².